The van der Waals surface area contributed by atoms with Crippen molar-refractivity contribution in [3.05, 3.63) is 53.9 Å². The fourth-order valence-electron chi connectivity index (χ4n) is 2.79. The molecule has 0 aliphatic rings. The predicted octanol–water partition coefficient (Wildman–Crippen LogP) is 2.02. The summed E-state index contributed by atoms with van der Waals surface area (Å²) < 4.78 is 10.6. The van der Waals surface area contributed by atoms with Crippen LogP contribution >= 0.6 is 0 Å². The van der Waals surface area contributed by atoms with Gasteiger partial charge in [0.1, 0.15) is 17.1 Å². The zero-order chi connectivity index (χ0) is 21.8. The lowest BCUT2D eigenvalue weighted by Gasteiger charge is -2.16. The Hall–Kier alpha value is -3.72. The fourth-order valence-corrected chi connectivity index (χ4v) is 2.79. The number of hydrogen-bond donors (Lipinski definition) is 2. The third kappa shape index (κ3) is 4.31. The van der Waals surface area contributed by atoms with Crippen molar-refractivity contribution in [2.45, 2.75) is 13.0 Å². The highest BCUT2D eigenvalue weighted by atomic mass is 16.5. The number of aliphatic hydroxyl groups is 1. The van der Waals surface area contributed by atoms with Gasteiger partial charge in [0, 0.05) is 30.8 Å². The van der Waals surface area contributed by atoms with Crippen LogP contribution in [-0.4, -0.2) is 52.7 Å². The first-order valence-electron chi connectivity index (χ1n) is 9.20. The maximum absolute atomic E-state index is 12.2. The van der Waals surface area contributed by atoms with Gasteiger partial charge in [-0.25, -0.2) is 4.98 Å². The number of rotatable bonds is 7. The number of nitrogens with two attached hydrogens (primary N) is 1. The van der Waals surface area contributed by atoms with Gasteiger partial charge in [-0.3, -0.25) is 9.59 Å². The molecule has 0 unspecified atom stereocenters. The average molecular weight is 410 g/mol. The summed E-state index contributed by atoms with van der Waals surface area (Å²) in [4.78, 5) is 29.3. The number of nitrogens with zero attached hydrogens (tertiary/aromatic N) is 3. The first kappa shape index (κ1) is 21.0. The number of aliphatic hydroxyl groups excluding tert-OH is 1. The topological polar surface area (TPSA) is 132 Å². The molecule has 0 saturated carbocycles. The van der Waals surface area contributed by atoms with E-state index in [9.17, 15) is 14.7 Å². The van der Waals surface area contributed by atoms with E-state index >= 15 is 0 Å². The Morgan fingerprint density at radius 3 is 2.53 bits per heavy atom. The Morgan fingerprint density at radius 2 is 1.90 bits per heavy atom. The van der Waals surface area contributed by atoms with Crippen LogP contribution in [0, 0.1) is 0 Å². The molecule has 2 heterocycles. The Labute approximate surface area is 173 Å². The molecule has 0 saturated heterocycles. The van der Waals surface area contributed by atoms with Gasteiger partial charge in [0.05, 0.1) is 12.8 Å². The van der Waals surface area contributed by atoms with Crippen LogP contribution in [0.4, 0.5) is 0 Å². The molecule has 2 amide bonds. The van der Waals surface area contributed by atoms with Crippen molar-refractivity contribution in [1.29, 1.82) is 0 Å². The van der Waals surface area contributed by atoms with Crippen LogP contribution in [0.25, 0.3) is 22.5 Å². The SMILES string of the molecule is CCN(C)C(=O)[C@H](O)c1cc(-c2cc(OC)cc(-c3cccc(C(N)=O)n3)c2)no1. The Kier molecular flexibility index (Phi) is 6.12. The Balaban J connectivity index is 1.99. The largest absolute Gasteiger partial charge is 0.497 e. The summed E-state index contributed by atoms with van der Waals surface area (Å²) in [5.74, 6) is -0.551. The lowest BCUT2D eigenvalue weighted by Crippen LogP contribution is -2.31. The van der Waals surface area contributed by atoms with Crippen molar-refractivity contribution in [2.24, 2.45) is 5.73 Å². The van der Waals surface area contributed by atoms with E-state index in [0.29, 0.717) is 34.8 Å². The van der Waals surface area contributed by atoms with Crippen LogP contribution in [-0.2, 0) is 4.79 Å². The van der Waals surface area contributed by atoms with E-state index in [1.54, 1.807) is 44.3 Å². The van der Waals surface area contributed by atoms with Crippen molar-refractivity contribution >= 4 is 11.8 Å². The van der Waals surface area contributed by atoms with Crippen molar-refractivity contribution in [3.8, 4) is 28.3 Å². The molecule has 1 atom stereocenters. The molecule has 1 aromatic carbocycles. The number of pyridine rings is 1. The molecule has 30 heavy (non-hydrogen) atoms. The molecular weight excluding hydrogens is 388 g/mol. The molecule has 9 nitrogen and oxygen atoms in total. The predicted molar refractivity (Wildman–Crippen MR) is 109 cm³/mol. The number of aromatic nitrogens is 2. The molecule has 2 aromatic heterocycles. The molecular formula is C21H22N4O5. The van der Waals surface area contributed by atoms with E-state index in [1.807, 2.05) is 0 Å². The van der Waals surface area contributed by atoms with Gasteiger partial charge in [0.15, 0.2) is 11.9 Å². The standard InChI is InChI=1S/C21H22N4O5/c1-4-25(2)21(28)19(26)18-11-17(24-30-18)13-8-12(9-14(10-13)29-3)15-6-5-7-16(23-15)20(22)27/h5-11,19,26H,4H2,1-3H3,(H2,22,27)/t19-/m1/s1. The average Bonchev–Trinajstić information content (AvgIpc) is 3.27. The van der Waals surface area contributed by atoms with E-state index in [4.69, 9.17) is 15.0 Å². The van der Waals surface area contributed by atoms with Crippen LogP contribution in [0.3, 0.4) is 0 Å². The van der Waals surface area contributed by atoms with Crippen LogP contribution in [0.5, 0.6) is 5.75 Å². The van der Waals surface area contributed by atoms with Crippen LogP contribution < -0.4 is 10.5 Å². The van der Waals surface area contributed by atoms with Crippen molar-refractivity contribution in [3.63, 3.8) is 0 Å². The zero-order valence-electron chi connectivity index (χ0n) is 16.8. The summed E-state index contributed by atoms with van der Waals surface area (Å²) in [6.45, 7) is 2.25. The smallest absolute Gasteiger partial charge is 0.267 e. The first-order chi connectivity index (χ1) is 14.3. The summed E-state index contributed by atoms with van der Waals surface area (Å²) in [6, 6.07) is 11.7. The molecule has 156 valence electrons. The van der Waals surface area contributed by atoms with E-state index in [0.717, 1.165) is 0 Å². The van der Waals surface area contributed by atoms with Gasteiger partial charge in [-0.1, -0.05) is 11.2 Å². The number of amides is 2. The molecule has 9 heteroatoms. The number of ether oxygens (including phenoxy) is 1. The quantitative estimate of drug-likeness (QED) is 0.609. The second kappa shape index (κ2) is 8.75. The summed E-state index contributed by atoms with van der Waals surface area (Å²) in [6.07, 6.45) is -1.45. The van der Waals surface area contributed by atoms with Crippen LogP contribution in [0.2, 0.25) is 0 Å². The number of benzene rings is 1. The maximum atomic E-state index is 12.2. The van der Waals surface area contributed by atoms with E-state index in [1.165, 1.54) is 24.1 Å². The third-order valence-electron chi connectivity index (χ3n) is 4.62. The number of primary amides is 1. The lowest BCUT2D eigenvalue weighted by atomic mass is 10.0. The molecule has 0 fully saturated rings. The first-order valence-corrected chi connectivity index (χ1v) is 9.20. The minimum atomic E-state index is -1.45. The molecule has 0 radical (unpaired) electrons. The number of carbonyl (C=O) groups is 2. The normalized spacial score (nSPS) is 11.7. The number of likely N-dealkylation sites (N-methyl/N-ethyl adjacent to an activating group) is 1. The minimum absolute atomic E-state index is 0.0357. The summed E-state index contributed by atoms with van der Waals surface area (Å²) in [7, 11) is 3.11. The maximum Gasteiger partial charge on any atom is 0.267 e. The molecule has 3 aromatic rings. The Bertz CT molecular complexity index is 1080. The third-order valence-corrected chi connectivity index (χ3v) is 4.62. The second-order valence-corrected chi connectivity index (χ2v) is 6.59. The van der Waals surface area contributed by atoms with Crippen LogP contribution in [0.15, 0.2) is 47.0 Å². The van der Waals surface area contributed by atoms with Gasteiger partial charge in [-0.2, -0.15) is 0 Å². The lowest BCUT2D eigenvalue weighted by molar-refractivity contribution is -0.139. The molecule has 3 rings (SSSR count). The van der Waals surface area contributed by atoms with E-state index < -0.39 is 17.9 Å². The van der Waals surface area contributed by atoms with E-state index in [2.05, 4.69) is 10.1 Å². The van der Waals surface area contributed by atoms with Gasteiger partial charge >= 0.3 is 0 Å². The highest BCUT2D eigenvalue weighted by Crippen LogP contribution is 2.31. The van der Waals surface area contributed by atoms with Gasteiger partial charge < -0.3 is 25.0 Å². The molecule has 3 N–H and O–H groups in total. The fraction of sp³-hybridized carbons (Fsp3) is 0.238. The Morgan fingerprint density at radius 1 is 1.20 bits per heavy atom. The van der Waals surface area contributed by atoms with Crippen molar-refractivity contribution < 1.29 is 24.0 Å². The van der Waals surface area contributed by atoms with E-state index in [-0.39, 0.29) is 11.5 Å². The summed E-state index contributed by atoms with van der Waals surface area (Å²) in [5.41, 5.74) is 7.68. The van der Waals surface area contributed by atoms with Crippen LogP contribution in [0.1, 0.15) is 29.3 Å². The number of hydrogen-bond acceptors (Lipinski definition) is 7. The molecule has 0 spiro atoms. The highest BCUT2D eigenvalue weighted by Gasteiger charge is 2.25. The van der Waals surface area contributed by atoms with Crippen molar-refractivity contribution in [1.82, 2.24) is 15.0 Å². The molecule has 0 bridgehead atoms. The van der Waals surface area contributed by atoms with Gasteiger partial charge in [-0.15, -0.1) is 0 Å². The van der Waals surface area contributed by atoms with Gasteiger partial charge in [0.25, 0.3) is 11.8 Å². The van der Waals surface area contributed by atoms with Gasteiger partial charge in [-0.05, 0) is 37.3 Å². The monoisotopic (exact) mass is 410 g/mol. The number of carbonyl (C=O) groups excluding carboxylic acids is 2. The molecule has 0 aliphatic heterocycles. The minimum Gasteiger partial charge on any atom is -0.497 e. The van der Waals surface area contributed by atoms with Crippen molar-refractivity contribution in [2.75, 3.05) is 20.7 Å². The number of methoxy groups -OCH3 is 1. The van der Waals surface area contributed by atoms with Gasteiger partial charge in [0.2, 0.25) is 0 Å². The summed E-state index contributed by atoms with van der Waals surface area (Å²) >= 11 is 0. The summed E-state index contributed by atoms with van der Waals surface area (Å²) in [5, 5.41) is 14.2. The second-order valence-electron chi connectivity index (χ2n) is 6.59. The molecule has 0 aliphatic carbocycles. The zero-order valence-corrected chi connectivity index (χ0v) is 16.8. The highest BCUT2D eigenvalue weighted by molar-refractivity contribution is 5.91.